The number of aliphatic hydroxyl groups excluding tert-OH is 1. The Balaban J connectivity index is 1.96. The average molecular weight is 276 g/mol. The molecule has 1 aliphatic carbocycles. The lowest BCUT2D eigenvalue weighted by Crippen LogP contribution is -2.39. The number of nitrogens with two attached hydrogens (primary N) is 1. The number of benzene rings is 1. The van der Waals surface area contributed by atoms with E-state index in [0.29, 0.717) is 10.6 Å². The summed E-state index contributed by atoms with van der Waals surface area (Å²) in [6.07, 6.45) is 1.66. The molecule has 0 spiro atoms. The van der Waals surface area contributed by atoms with Crippen LogP contribution in [0.2, 0.25) is 0 Å². The molecule has 1 fully saturated rings. The molecule has 19 heavy (non-hydrogen) atoms. The first-order valence-corrected chi connectivity index (χ1v) is 7.08. The van der Waals surface area contributed by atoms with Crippen molar-refractivity contribution in [3.63, 3.8) is 0 Å². The van der Waals surface area contributed by atoms with E-state index in [1.165, 1.54) is 11.3 Å². The Morgan fingerprint density at radius 3 is 2.89 bits per heavy atom. The standard InChI is InChI=1S/C14H16N2O2S/c1-8-2-3-9-10(6-8)19-12(11(9)15)13(18)16-14(7-17)4-5-14/h2-3,6,17H,4-5,7,15H2,1H3,(H,16,18). The summed E-state index contributed by atoms with van der Waals surface area (Å²) in [5.41, 5.74) is 7.33. The molecule has 0 atom stereocenters. The van der Waals surface area contributed by atoms with Gasteiger partial charge in [-0.05, 0) is 31.4 Å². The number of aliphatic hydroxyl groups is 1. The van der Waals surface area contributed by atoms with Gasteiger partial charge in [0.2, 0.25) is 0 Å². The van der Waals surface area contributed by atoms with Gasteiger partial charge < -0.3 is 16.2 Å². The van der Waals surface area contributed by atoms with E-state index in [-0.39, 0.29) is 12.5 Å². The third-order valence-corrected chi connectivity index (χ3v) is 4.79. The fourth-order valence-electron chi connectivity index (χ4n) is 2.16. The third kappa shape index (κ3) is 2.09. The van der Waals surface area contributed by atoms with E-state index in [0.717, 1.165) is 28.5 Å². The van der Waals surface area contributed by atoms with E-state index in [1.54, 1.807) is 0 Å². The van der Waals surface area contributed by atoms with Crippen LogP contribution in [0, 0.1) is 6.92 Å². The molecule has 1 aromatic heterocycles. The van der Waals surface area contributed by atoms with Crippen LogP contribution in [0.1, 0.15) is 28.1 Å². The number of rotatable bonds is 3. The topological polar surface area (TPSA) is 75.4 Å². The molecule has 0 bridgehead atoms. The zero-order valence-electron chi connectivity index (χ0n) is 10.7. The third-order valence-electron chi connectivity index (χ3n) is 3.63. The SMILES string of the molecule is Cc1ccc2c(N)c(C(=O)NC3(CO)CC3)sc2c1. The molecule has 4 N–H and O–H groups in total. The van der Waals surface area contributed by atoms with Crippen LogP contribution in [0.4, 0.5) is 5.69 Å². The molecular weight excluding hydrogens is 260 g/mol. The summed E-state index contributed by atoms with van der Waals surface area (Å²) < 4.78 is 1.02. The Labute approximate surface area is 115 Å². The summed E-state index contributed by atoms with van der Waals surface area (Å²) in [4.78, 5) is 12.8. The molecule has 1 amide bonds. The minimum atomic E-state index is -0.407. The van der Waals surface area contributed by atoms with Crippen LogP contribution in [0.5, 0.6) is 0 Å². The second kappa shape index (κ2) is 4.21. The monoisotopic (exact) mass is 276 g/mol. The molecule has 3 rings (SSSR count). The number of anilines is 1. The fourth-order valence-corrected chi connectivity index (χ4v) is 3.28. The number of nitrogens with one attached hydrogen (secondary N) is 1. The van der Waals surface area contributed by atoms with Crippen molar-refractivity contribution in [2.75, 3.05) is 12.3 Å². The number of fused-ring (bicyclic) bond motifs is 1. The first-order valence-electron chi connectivity index (χ1n) is 6.27. The zero-order chi connectivity index (χ0) is 13.6. The minimum Gasteiger partial charge on any atom is -0.397 e. The van der Waals surface area contributed by atoms with Crippen molar-refractivity contribution >= 4 is 33.0 Å². The van der Waals surface area contributed by atoms with Gasteiger partial charge >= 0.3 is 0 Å². The zero-order valence-corrected chi connectivity index (χ0v) is 11.5. The van der Waals surface area contributed by atoms with Gasteiger partial charge in [-0.15, -0.1) is 11.3 Å². The number of nitrogen functional groups attached to an aromatic ring is 1. The highest BCUT2D eigenvalue weighted by molar-refractivity contribution is 7.21. The highest BCUT2D eigenvalue weighted by atomic mass is 32.1. The van der Waals surface area contributed by atoms with Crippen LogP contribution < -0.4 is 11.1 Å². The lowest BCUT2D eigenvalue weighted by Gasteiger charge is -2.13. The molecule has 2 aromatic rings. The molecule has 5 heteroatoms. The predicted octanol–water partition coefficient (Wildman–Crippen LogP) is 2.05. The van der Waals surface area contributed by atoms with Gasteiger partial charge in [0.25, 0.3) is 5.91 Å². The number of carbonyl (C=O) groups excluding carboxylic acids is 1. The molecule has 1 aliphatic rings. The van der Waals surface area contributed by atoms with Gasteiger partial charge in [-0.1, -0.05) is 12.1 Å². The van der Waals surface area contributed by atoms with Crippen LogP contribution >= 0.6 is 11.3 Å². The molecule has 1 saturated carbocycles. The van der Waals surface area contributed by atoms with Crippen molar-refractivity contribution in [2.24, 2.45) is 0 Å². The summed E-state index contributed by atoms with van der Waals surface area (Å²) in [5.74, 6) is -0.178. The van der Waals surface area contributed by atoms with Gasteiger partial charge in [-0.25, -0.2) is 0 Å². The van der Waals surface area contributed by atoms with Crippen molar-refractivity contribution < 1.29 is 9.90 Å². The quantitative estimate of drug-likeness (QED) is 0.803. The number of aryl methyl sites for hydroxylation is 1. The molecule has 1 heterocycles. The van der Waals surface area contributed by atoms with Gasteiger partial charge in [0, 0.05) is 10.1 Å². The maximum absolute atomic E-state index is 12.2. The largest absolute Gasteiger partial charge is 0.397 e. The van der Waals surface area contributed by atoms with Gasteiger partial charge in [-0.3, -0.25) is 4.79 Å². The van der Waals surface area contributed by atoms with E-state index in [2.05, 4.69) is 5.32 Å². The Bertz CT molecular complexity index is 659. The van der Waals surface area contributed by atoms with Crippen LogP contribution in [0.15, 0.2) is 18.2 Å². The second-order valence-electron chi connectivity index (χ2n) is 5.24. The van der Waals surface area contributed by atoms with Crippen molar-refractivity contribution in [3.05, 3.63) is 28.6 Å². The van der Waals surface area contributed by atoms with Crippen LogP contribution in [0.3, 0.4) is 0 Å². The van der Waals surface area contributed by atoms with Crippen molar-refractivity contribution in [3.8, 4) is 0 Å². The Morgan fingerprint density at radius 1 is 1.53 bits per heavy atom. The van der Waals surface area contributed by atoms with Gasteiger partial charge in [-0.2, -0.15) is 0 Å². The van der Waals surface area contributed by atoms with Crippen LogP contribution in [0.25, 0.3) is 10.1 Å². The van der Waals surface area contributed by atoms with E-state index >= 15 is 0 Å². The number of hydrogen-bond acceptors (Lipinski definition) is 4. The summed E-state index contributed by atoms with van der Waals surface area (Å²) >= 11 is 1.41. The number of hydrogen-bond donors (Lipinski definition) is 3. The molecular formula is C14H16N2O2S. The molecule has 0 aliphatic heterocycles. The second-order valence-corrected chi connectivity index (χ2v) is 6.29. The highest BCUT2D eigenvalue weighted by Crippen LogP contribution is 2.38. The van der Waals surface area contributed by atoms with Crippen LogP contribution in [-0.2, 0) is 0 Å². The lowest BCUT2D eigenvalue weighted by atomic mass is 10.1. The minimum absolute atomic E-state index is 0.0113. The Hall–Kier alpha value is -1.59. The number of amides is 1. The van der Waals surface area contributed by atoms with E-state index < -0.39 is 5.54 Å². The summed E-state index contributed by atoms with van der Waals surface area (Å²) in [5, 5.41) is 13.1. The van der Waals surface area contributed by atoms with Crippen molar-refractivity contribution in [1.29, 1.82) is 0 Å². The Kier molecular flexibility index (Phi) is 2.76. The fraction of sp³-hybridized carbons (Fsp3) is 0.357. The van der Waals surface area contributed by atoms with Crippen molar-refractivity contribution in [1.82, 2.24) is 5.32 Å². The summed E-state index contributed by atoms with van der Waals surface area (Å²) in [6.45, 7) is 2.00. The summed E-state index contributed by atoms with van der Waals surface area (Å²) in [6, 6.07) is 5.97. The Morgan fingerprint density at radius 2 is 2.26 bits per heavy atom. The van der Waals surface area contributed by atoms with E-state index in [1.807, 2.05) is 25.1 Å². The van der Waals surface area contributed by atoms with Crippen molar-refractivity contribution in [2.45, 2.75) is 25.3 Å². The number of thiophene rings is 1. The molecule has 0 unspecified atom stereocenters. The smallest absolute Gasteiger partial charge is 0.264 e. The first-order chi connectivity index (χ1) is 9.04. The average Bonchev–Trinajstić information content (AvgIpc) is 3.08. The maximum Gasteiger partial charge on any atom is 0.264 e. The van der Waals surface area contributed by atoms with Crippen LogP contribution in [-0.4, -0.2) is 23.2 Å². The van der Waals surface area contributed by atoms with E-state index in [4.69, 9.17) is 5.73 Å². The maximum atomic E-state index is 12.2. The molecule has 1 aromatic carbocycles. The molecule has 0 radical (unpaired) electrons. The highest BCUT2D eigenvalue weighted by Gasteiger charge is 2.44. The lowest BCUT2D eigenvalue weighted by molar-refractivity contribution is 0.0912. The van der Waals surface area contributed by atoms with Gasteiger partial charge in [0.15, 0.2) is 0 Å². The normalized spacial score (nSPS) is 16.5. The molecule has 0 saturated heterocycles. The molecule has 100 valence electrons. The van der Waals surface area contributed by atoms with Gasteiger partial charge in [0.05, 0.1) is 17.8 Å². The predicted molar refractivity (Wildman–Crippen MR) is 77.5 cm³/mol. The first kappa shape index (κ1) is 12.4. The summed E-state index contributed by atoms with van der Waals surface area (Å²) in [7, 11) is 0. The van der Waals surface area contributed by atoms with E-state index in [9.17, 15) is 9.90 Å². The number of carbonyl (C=O) groups is 1. The van der Waals surface area contributed by atoms with Gasteiger partial charge in [0.1, 0.15) is 4.88 Å². The molecule has 4 nitrogen and oxygen atoms in total.